The molecule has 1 aliphatic heterocycles. The molecule has 0 radical (unpaired) electrons. The van der Waals surface area contributed by atoms with Crippen molar-refractivity contribution in [2.75, 3.05) is 25.9 Å². The molecule has 3 nitrogen and oxygen atoms in total. The SMILES string of the molecule is CSCc1ccc(C(=O)NCC2CNC2)cc1.Cl. The van der Waals surface area contributed by atoms with Gasteiger partial charge in [-0.05, 0) is 24.0 Å². The zero-order valence-electron chi connectivity index (χ0n) is 10.4. The normalized spacial score (nSPS) is 14.5. The van der Waals surface area contributed by atoms with Gasteiger partial charge >= 0.3 is 0 Å². The number of carbonyl (C=O) groups excluding carboxylic acids is 1. The summed E-state index contributed by atoms with van der Waals surface area (Å²) in [4.78, 5) is 11.8. The highest BCUT2D eigenvalue weighted by Gasteiger charge is 2.17. The van der Waals surface area contributed by atoms with Gasteiger partial charge in [0.15, 0.2) is 0 Å². The Labute approximate surface area is 119 Å². The number of amides is 1. The Balaban J connectivity index is 0.00000162. The highest BCUT2D eigenvalue weighted by molar-refractivity contribution is 7.97. The van der Waals surface area contributed by atoms with Crippen molar-refractivity contribution in [3.8, 4) is 0 Å². The molecule has 1 aliphatic rings. The van der Waals surface area contributed by atoms with Crippen LogP contribution in [-0.4, -0.2) is 31.8 Å². The summed E-state index contributed by atoms with van der Waals surface area (Å²) in [6.07, 6.45) is 2.08. The van der Waals surface area contributed by atoms with E-state index in [1.54, 1.807) is 11.8 Å². The van der Waals surface area contributed by atoms with Crippen molar-refractivity contribution in [2.24, 2.45) is 5.92 Å². The average Bonchev–Trinajstić information content (AvgIpc) is 2.28. The number of carbonyl (C=O) groups is 1. The molecule has 18 heavy (non-hydrogen) atoms. The smallest absolute Gasteiger partial charge is 0.251 e. The number of halogens is 1. The summed E-state index contributed by atoms with van der Waals surface area (Å²) >= 11 is 1.79. The molecule has 1 aromatic rings. The quantitative estimate of drug-likeness (QED) is 0.869. The van der Waals surface area contributed by atoms with E-state index in [1.807, 2.05) is 24.3 Å². The lowest BCUT2D eigenvalue weighted by Gasteiger charge is -2.27. The van der Waals surface area contributed by atoms with Crippen LogP contribution in [0.25, 0.3) is 0 Å². The number of rotatable bonds is 5. The van der Waals surface area contributed by atoms with Crippen LogP contribution in [0.3, 0.4) is 0 Å². The zero-order chi connectivity index (χ0) is 12.1. The van der Waals surface area contributed by atoms with E-state index < -0.39 is 0 Å². The maximum absolute atomic E-state index is 11.8. The summed E-state index contributed by atoms with van der Waals surface area (Å²) in [5, 5.41) is 6.16. The molecule has 2 rings (SSSR count). The van der Waals surface area contributed by atoms with Crippen molar-refractivity contribution in [1.29, 1.82) is 0 Å². The topological polar surface area (TPSA) is 41.1 Å². The Morgan fingerprint density at radius 1 is 1.39 bits per heavy atom. The molecule has 0 aromatic heterocycles. The van der Waals surface area contributed by atoms with Crippen LogP contribution >= 0.6 is 24.2 Å². The Morgan fingerprint density at radius 2 is 2.06 bits per heavy atom. The minimum Gasteiger partial charge on any atom is -0.352 e. The van der Waals surface area contributed by atoms with Gasteiger partial charge in [-0.25, -0.2) is 0 Å². The van der Waals surface area contributed by atoms with Crippen LogP contribution in [0.4, 0.5) is 0 Å². The molecular weight excluding hydrogens is 268 g/mol. The van der Waals surface area contributed by atoms with Gasteiger partial charge in [0, 0.05) is 36.9 Å². The molecule has 1 fully saturated rings. The maximum atomic E-state index is 11.8. The Hall–Kier alpha value is -0.710. The van der Waals surface area contributed by atoms with E-state index in [1.165, 1.54) is 5.56 Å². The third-order valence-electron chi connectivity index (χ3n) is 2.94. The van der Waals surface area contributed by atoms with Crippen molar-refractivity contribution in [3.63, 3.8) is 0 Å². The van der Waals surface area contributed by atoms with Gasteiger partial charge in [-0.15, -0.1) is 12.4 Å². The summed E-state index contributed by atoms with van der Waals surface area (Å²) in [5.41, 5.74) is 2.01. The first-order chi connectivity index (χ1) is 8.29. The lowest BCUT2D eigenvalue weighted by Crippen LogP contribution is -2.48. The van der Waals surface area contributed by atoms with Crippen LogP contribution in [0.1, 0.15) is 15.9 Å². The van der Waals surface area contributed by atoms with Crippen LogP contribution in [-0.2, 0) is 5.75 Å². The van der Waals surface area contributed by atoms with E-state index in [0.717, 1.165) is 31.0 Å². The predicted molar refractivity (Wildman–Crippen MR) is 79.6 cm³/mol. The van der Waals surface area contributed by atoms with Crippen LogP contribution in [0.2, 0.25) is 0 Å². The lowest BCUT2D eigenvalue weighted by molar-refractivity contribution is 0.0942. The van der Waals surface area contributed by atoms with Crippen LogP contribution in [0.15, 0.2) is 24.3 Å². The van der Waals surface area contributed by atoms with Crippen molar-refractivity contribution >= 4 is 30.1 Å². The van der Waals surface area contributed by atoms with E-state index in [2.05, 4.69) is 16.9 Å². The minimum absolute atomic E-state index is 0. The molecule has 0 unspecified atom stereocenters. The number of hydrogen-bond acceptors (Lipinski definition) is 3. The number of benzene rings is 1. The van der Waals surface area contributed by atoms with Crippen molar-refractivity contribution in [3.05, 3.63) is 35.4 Å². The third-order valence-corrected chi connectivity index (χ3v) is 3.57. The first kappa shape index (κ1) is 15.3. The second-order valence-electron chi connectivity index (χ2n) is 4.36. The van der Waals surface area contributed by atoms with Crippen molar-refractivity contribution in [2.45, 2.75) is 5.75 Å². The summed E-state index contributed by atoms with van der Waals surface area (Å²) in [5.74, 6) is 1.64. The second kappa shape index (κ2) is 7.67. The molecule has 1 amide bonds. The highest BCUT2D eigenvalue weighted by atomic mass is 35.5. The van der Waals surface area contributed by atoms with E-state index in [0.29, 0.717) is 5.92 Å². The predicted octanol–water partition coefficient (Wildman–Crippen LogP) is 1.92. The molecule has 5 heteroatoms. The minimum atomic E-state index is 0. The highest BCUT2D eigenvalue weighted by Crippen LogP contribution is 2.10. The van der Waals surface area contributed by atoms with Crippen LogP contribution < -0.4 is 10.6 Å². The fraction of sp³-hybridized carbons (Fsp3) is 0.462. The summed E-state index contributed by atoms with van der Waals surface area (Å²) in [7, 11) is 0. The molecule has 0 spiro atoms. The number of nitrogens with one attached hydrogen (secondary N) is 2. The molecular formula is C13H19ClN2OS. The molecule has 0 atom stereocenters. The first-order valence-electron chi connectivity index (χ1n) is 5.86. The van der Waals surface area contributed by atoms with E-state index in [-0.39, 0.29) is 18.3 Å². The monoisotopic (exact) mass is 286 g/mol. The van der Waals surface area contributed by atoms with Gasteiger partial charge in [0.1, 0.15) is 0 Å². The Bertz CT molecular complexity index is 379. The fourth-order valence-electron chi connectivity index (χ4n) is 1.75. The molecule has 100 valence electrons. The van der Waals surface area contributed by atoms with Gasteiger partial charge in [-0.3, -0.25) is 4.79 Å². The van der Waals surface area contributed by atoms with Gasteiger partial charge in [-0.1, -0.05) is 12.1 Å². The Kier molecular flexibility index (Phi) is 6.54. The lowest BCUT2D eigenvalue weighted by atomic mass is 10.0. The van der Waals surface area contributed by atoms with Crippen molar-refractivity contribution in [1.82, 2.24) is 10.6 Å². The zero-order valence-corrected chi connectivity index (χ0v) is 12.1. The maximum Gasteiger partial charge on any atom is 0.251 e. The molecule has 2 N–H and O–H groups in total. The van der Waals surface area contributed by atoms with Gasteiger partial charge in [0.25, 0.3) is 5.91 Å². The molecule has 0 bridgehead atoms. The van der Waals surface area contributed by atoms with Gasteiger partial charge < -0.3 is 10.6 Å². The van der Waals surface area contributed by atoms with Crippen molar-refractivity contribution < 1.29 is 4.79 Å². The molecule has 0 aliphatic carbocycles. The molecule has 1 aromatic carbocycles. The second-order valence-corrected chi connectivity index (χ2v) is 5.23. The molecule has 1 saturated heterocycles. The third kappa shape index (κ3) is 4.19. The van der Waals surface area contributed by atoms with Crippen LogP contribution in [0.5, 0.6) is 0 Å². The fourth-order valence-corrected chi connectivity index (χ4v) is 2.28. The molecule has 1 heterocycles. The summed E-state index contributed by atoms with van der Waals surface area (Å²) in [6, 6.07) is 7.85. The van der Waals surface area contributed by atoms with Gasteiger partial charge in [0.05, 0.1) is 0 Å². The average molecular weight is 287 g/mol. The van der Waals surface area contributed by atoms with Gasteiger partial charge in [0.2, 0.25) is 0 Å². The van der Waals surface area contributed by atoms with E-state index in [4.69, 9.17) is 0 Å². The first-order valence-corrected chi connectivity index (χ1v) is 7.26. The van der Waals surface area contributed by atoms with E-state index >= 15 is 0 Å². The summed E-state index contributed by atoms with van der Waals surface area (Å²) < 4.78 is 0. The molecule has 0 saturated carbocycles. The number of hydrogen-bond donors (Lipinski definition) is 2. The van der Waals surface area contributed by atoms with Crippen LogP contribution in [0, 0.1) is 5.92 Å². The Morgan fingerprint density at radius 3 is 2.56 bits per heavy atom. The number of thioether (sulfide) groups is 1. The largest absolute Gasteiger partial charge is 0.352 e. The van der Waals surface area contributed by atoms with E-state index in [9.17, 15) is 4.79 Å². The van der Waals surface area contributed by atoms with Gasteiger partial charge in [-0.2, -0.15) is 11.8 Å². The summed E-state index contributed by atoms with van der Waals surface area (Å²) in [6.45, 7) is 2.82. The standard InChI is InChI=1S/C13H18N2OS.ClH/c1-17-9-10-2-4-12(5-3-10)13(16)15-8-11-6-14-7-11;/h2-5,11,14H,6-9H2,1H3,(H,15,16);1H.